The van der Waals surface area contributed by atoms with E-state index < -0.39 is 5.95 Å². The van der Waals surface area contributed by atoms with Gasteiger partial charge in [-0.2, -0.15) is 4.39 Å². The summed E-state index contributed by atoms with van der Waals surface area (Å²) in [6, 6.07) is 0. The molecule has 1 nitrogen and oxygen atoms in total. The van der Waals surface area contributed by atoms with Crippen LogP contribution in [-0.2, 0) is 0 Å². The Morgan fingerprint density at radius 3 is 2.80 bits per heavy atom. The molecule has 0 saturated heterocycles. The van der Waals surface area contributed by atoms with Crippen molar-refractivity contribution >= 4 is 27.5 Å². The second-order valence-corrected chi connectivity index (χ2v) is 3.07. The number of hydrogen-bond donors (Lipinski definition) is 0. The summed E-state index contributed by atoms with van der Waals surface area (Å²) >= 11 is 8.68. The third kappa shape index (κ3) is 1.30. The normalized spacial score (nSPS) is 10.0. The first-order valence-corrected chi connectivity index (χ1v) is 3.76. The van der Waals surface area contributed by atoms with Crippen LogP contribution in [0.1, 0.15) is 5.56 Å². The Morgan fingerprint density at radius 1 is 1.70 bits per heavy atom. The van der Waals surface area contributed by atoms with Gasteiger partial charge in [0.1, 0.15) is 0 Å². The van der Waals surface area contributed by atoms with Crippen molar-refractivity contribution in [3.8, 4) is 0 Å². The molecule has 0 aliphatic rings. The minimum Gasteiger partial charge on any atom is -0.226 e. The van der Waals surface area contributed by atoms with Crippen LogP contribution in [0.2, 0.25) is 5.02 Å². The molecule has 0 N–H and O–H groups in total. The fourth-order valence-electron chi connectivity index (χ4n) is 0.526. The van der Waals surface area contributed by atoms with E-state index in [0.717, 1.165) is 4.47 Å². The van der Waals surface area contributed by atoms with Crippen molar-refractivity contribution in [2.45, 2.75) is 6.92 Å². The van der Waals surface area contributed by atoms with E-state index in [4.69, 9.17) is 11.6 Å². The zero-order valence-electron chi connectivity index (χ0n) is 5.16. The van der Waals surface area contributed by atoms with Crippen LogP contribution in [-0.4, -0.2) is 4.98 Å². The minimum atomic E-state index is -0.623. The summed E-state index contributed by atoms with van der Waals surface area (Å²) in [5.74, 6) is -0.623. The third-order valence-corrected chi connectivity index (χ3v) is 2.40. The molecule has 1 aromatic heterocycles. The van der Waals surface area contributed by atoms with Gasteiger partial charge in [-0.25, -0.2) is 4.98 Å². The van der Waals surface area contributed by atoms with Crippen LogP contribution < -0.4 is 0 Å². The minimum absolute atomic E-state index is 0.0781. The maximum absolute atomic E-state index is 12.5. The second kappa shape index (κ2) is 2.84. The predicted molar refractivity (Wildman–Crippen MR) is 41.6 cm³/mol. The summed E-state index contributed by atoms with van der Waals surface area (Å²) < 4.78 is 13.2. The van der Waals surface area contributed by atoms with E-state index >= 15 is 0 Å². The van der Waals surface area contributed by atoms with Crippen LogP contribution in [0.5, 0.6) is 0 Å². The van der Waals surface area contributed by atoms with Crippen molar-refractivity contribution in [1.82, 2.24) is 4.98 Å². The molecule has 0 unspecified atom stereocenters. The lowest BCUT2D eigenvalue weighted by atomic mass is 10.3. The molecule has 10 heavy (non-hydrogen) atoms. The Labute approximate surface area is 71.4 Å². The SMILES string of the molecule is Cc1c(Br)cnc(F)c1Cl. The standard InChI is InChI=1S/C6H4BrClFN/c1-3-4(7)2-10-6(9)5(3)8/h2H,1H3. The average Bonchev–Trinajstić information content (AvgIpc) is 1.93. The van der Waals surface area contributed by atoms with Gasteiger partial charge in [0, 0.05) is 10.7 Å². The summed E-state index contributed by atoms with van der Waals surface area (Å²) in [6.07, 6.45) is 1.39. The van der Waals surface area contributed by atoms with Crippen molar-refractivity contribution in [3.63, 3.8) is 0 Å². The van der Waals surface area contributed by atoms with Crippen molar-refractivity contribution in [1.29, 1.82) is 0 Å². The number of hydrogen-bond acceptors (Lipinski definition) is 1. The molecular formula is C6H4BrClFN. The van der Waals surface area contributed by atoms with E-state index in [1.165, 1.54) is 6.20 Å². The van der Waals surface area contributed by atoms with Crippen LogP contribution in [0, 0.1) is 12.9 Å². The van der Waals surface area contributed by atoms with Crippen molar-refractivity contribution in [3.05, 3.63) is 27.2 Å². The number of halogens is 3. The molecular weight excluding hydrogens is 220 g/mol. The maximum atomic E-state index is 12.5. The van der Waals surface area contributed by atoms with E-state index in [9.17, 15) is 4.39 Å². The van der Waals surface area contributed by atoms with Crippen LogP contribution in [0.15, 0.2) is 10.7 Å². The van der Waals surface area contributed by atoms with Crippen LogP contribution >= 0.6 is 27.5 Å². The summed E-state index contributed by atoms with van der Waals surface area (Å²) in [7, 11) is 0. The maximum Gasteiger partial charge on any atom is 0.231 e. The van der Waals surface area contributed by atoms with Gasteiger partial charge in [-0.3, -0.25) is 0 Å². The summed E-state index contributed by atoms with van der Waals surface area (Å²) in [4.78, 5) is 3.39. The monoisotopic (exact) mass is 223 g/mol. The Balaban J connectivity index is 3.34. The van der Waals surface area contributed by atoms with Gasteiger partial charge in [-0.1, -0.05) is 11.6 Å². The van der Waals surface area contributed by atoms with Gasteiger partial charge in [0.15, 0.2) is 0 Å². The molecule has 0 bridgehead atoms. The zero-order valence-corrected chi connectivity index (χ0v) is 7.50. The number of pyridine rings is 1. The molecule has 0 aliphatic carbocycles. The highest BCUT2D eigenvalue weighted by molar-refractivity contribution is 9.10. The summed E-state index contributed by atoms with van der Waals surface area (Å²) in [6.45, 7) is 1.72. The quantitative estimate of drug-likeness (QED) is 0.618. The molecule has 0 atom stereocenters. The van der Waals surface area contributed by atoms with Gasteiger partial charge < -0.3 is 0 Å². The lowest BCUT2D eigenvalue weighted by Gasteiger charge is -1.98. The molecule has 0 fully saturated rings. The number of aromatic nitrogens is 1. The first-order chi connectivity index (χ1) is 4.63. The Kier molecular flexibility index (Phi) is 2.26. The van der Waals surface area contributed by atoms with Gasteiger partial charge in [-0.15, -0.1) is 0 Å². The Hall–Kier alpha value is -0.150. The molecule has 0 aliphatic heterocycles. The smallest absolute Gasteiger partial charge is 0.226 e. The highest BCUT2D eigenvalue weighted by atomic mass is 79.9. The van der Waals surface area contributed by atoms with Crippen molar-refractivity contribution in [2.24, 2.45) is 0 Å². The molecule has 0 spiro atoms. The highest BCUT2D eigenvalue weighted by Crippen LogP contribution is 2.24. The Bertz CT molecular complexity index is 237. The predicted octanol–water partition coefficient (Wildman–Crippen LogP) is 2.95. The molecule has 1 heterocycles. The molecule has 4 heteroatoms. The van der Waals surface area contributed by atoms with E-state index in [-0.39, 0.29) is 5.02 Å². The van der Waals surface area contributed by atoms with Gasteiger partial charge in [-0.05, 0) is 28.4 Å². The van der Waals surface area contributed by atoms with Gasteiger partial charge in [0.05, 0.1) is 5.02 Å². The number of nitrogens with zero attached hydrogens (tertiary/aromatic N) is 1. The number of rotatable bonds is 0. The fraction of sp³-hybridized carbons (Fsp3) is 0.167. The highest BCUT2D eigenvalue weighted by Gasteiger charge is 2.05. The topological polar surface area (TPSA) is 12.9 Å². The van der Waals surface area contributed by atoms with Crippen LogP contribution in [0.4, 0.5) is 4.39 Å². The lowest BCUT2D eigenvalue weighted by Crippen LogP contribution is -1.87. The molecule has 0 saturated carbocycles. The first kappa shape index (κ1) is 7.95. The van der Waals surface area contributed by atoms with Gasteiger partial charge in [0.25, 0.3) is 0 Å². The molecule has 1 aromatic rings. The Morgan fingerprint density at radius 2 is 2.30 bits per heavy atom. The lowest BCUT2D eigenvalue weighted by molar-refractivity contribution is 0.582. The van der Waals surface area contributed by atoms with E-state index in [0.29, 0.717) is 5.56 Å². The largest absolute Gasteiger partial charge is 0.231 e. The van der Waals surface area contributed by atoms with Crippen LogP contribution in [0.3, 0.4) is 0 Å². The van der Waals surface area contributed by atoms with Gasteiger partial charge in [0.2, 0.25) is 5.95 Å². The summed E-state index contributed by atoms with van der Waals surface area (Å²) in [5.41, 5.74) is 0.675. The molecule has 0 radical (unpaired) electrons. The van der Waals surface area contributed by atoms with Crippen LogP contribution in [0.25, 0.3) is 0 Å². The molecule has 0 aromatic carbocycles. The third-order valence-electron chi connectivity index (χ3n) is 1.16. The van der Waals surface area contributed by atoms with Crippen molar-refractivity contribution < 1.29 is 4.39 Å². The van der Waals surface area contributed by atoms with Crippen molar-refractivity contribution in [2.75, 3.05) is 0 Å². The molecule has 1 rings (SSSR count). The first-order valence-electron chi connectivity index (χ1n) is 2.59. The van der Waals surface area contributed by atoms with E-state index in [1.807, 2.05) is 0 Å². The molecule has 54 valence electrons. The van der Waals surface area contributed by atoms with Gasteiger partial charge >= 0.3 is 0 Å². The summed E-state index contributed by atoms with van der Waals surface area (Å²) in [5, 5.41) is 0.0781. The molecule has 0 amide bonds. The van der Waals surface area contributed by atoms with E-state index in [2.05, 4.69) is 20.9 Å². The zero-order chi connectivity index (χ0) is 7.72. The van der Waals surface area contributed by atoms with E-state index in [1.54, 1.807) is 6.92 Å². The average molecular weight is 224 g/mol. The fourth-order valence-corrected chi connectivity index (χ4v) is 1.09. The second-order valence-electron chi connectivity index (χ2n) is 1.84.